The lowest BCUT2D eigenvalue weighted by Crippen LogP contribution is -2.30. The average Bonchev–Trinajstić information content (AvgIpc) is 3.01. The molecular weight excluding hydrogens is 482 g/mol. The standard InChI is InChI=1S/C24H17BrClNO4/c1-13-2-9-17(12-19(13)25)27-21(14-5-10-18(28)11-6-14)20(23(30)24(27)31)22(29)15-3-7-16(26)8-4-15/h2-12,20-21,28H,1H3. The van der Waals surface area contributed by atoms with Crippen molar-refractivity contribution < 1.29 is 19.5 Å². The Kier molecular flexibility index (Phi) is 5.69. The summed E-state index contributed by atoms with van der Waals surface area (Å²) in [6.45, 7) is 1.91. The van der Waals surface area contributed by atoms with Crippen LogP contribution < -0.4 is 4.90 Å². The summed E-state index contributed by atoms with van der Waals surface area (Å²) in [4.78, 5) is 40.9. The summed E-state index contributed by atoms with van der Waals surface area (Å²) in [7, 11) is 0. The largest absolute Gasteiger partial charge is 0.508 e. The van der Waals surface area contributed by atoms with Gasteiger partial charge >= 0.3 is 0 Å². The second-order valence-corrected chi connectivity index (χ2v) is 8.65. The topological polar surface area (TPSA) is 74.7 Å². The van der Waals surface area contributed by atoms with Crippen LogP contribution in [0.1, 0.15) is 27.5 Å². The van der Waals surface area contributed by atoms with Crippen LogP contribution in [0.15, 0.2) is 71.2 Å². The number of hydrogen-bond acceptors (Lipinski definition) is 4. The van der Waals surface area contributed by atoms with Gasteiger partial charge in [-0.1, -0.05) is 45.7 Å². The highest BCUT2D eigenvalue weighted by Gasteiger charge is 2.52. The molecule has 0 bridgehead atoms. The molecule has 1 N–H and O–H groups in total. The molecule has 1 heterocycles. The van der Waals surface area contributed by atoms with Crippen molar-refractivity contribution in [2.45, 2.75) is 13.0 Å². The number of aromatic hydroxyl groups is 1. The van der Waals surface area contributed by atoms with Crippen molar-refractivity contribution in [3.8, 4) is 5.75 Å². The maximum atomic E-state index is 13.4. The van der Waals surface area contributed by atoms with E-state index in [9.17, 15) is 19.5 Å². The summed E-state index contributed by atoms with van der Waals surface area (Å²) in [5.74, 6) is -3.15. The molecule has 1 aliphatic rings. The number of nitrogens with zero attached hydrogens (tertiary/aromatic N) is 1. The van der Waals surface area contributed by atoms with Crippen molar-refractivity contribution in [2.24, 2.45) is 5.92 Å². The first-order valence-corrected chi connectivity index (χ1v) is 10.7. The molecule has 0 aromatic heterocycles. The van der Waals surface area contributed by atoms with Crippen LogP contribution >= 0.6 is 27.5 Å². The van der Waals surface area contributed by atoms with Crippen molar-refractivity contribution in [3.05, 3.63) is 92.9 Å². The zero-order chi connectivity index (χ0) is 22.3. The number of ketones is 2. The number of halogens is 2. The summed E-state index contributed by atoms with van der Waals surface area (Å²) < 4.78 is 0.780. The first kappa shape index (κ1) is 21.3. The van der Waals surface area contributed by atoms with E-state index in [0.717, 1.165) is 10.0 Å². The smallest absolute Gasteiger partial charge is 0.295 e. The number of phenols is 1. The Morgan fingerprint density at radius 3 is 2.26 bits per heavy atom. The predicted molar refractivity (Wildman–Crippen MR) is 121 cm³/mol. The van der Waals surface area contributed by atoms with E-state index in [1.165, 1.54) is 17.0 Å². The van der Waals surface area contributed by atoms with Gasteiger partial charge in [0, 0.05) is 20.7 Å². The van der Waals surface area contributed by atoms with Gasteiger partial charge in [-0.25, -0.2) is 0 Å². The second kappa shape index (κ2) is 8.29. The first-order chi connectivity index (χ1) is 14.8. The quantitative estimate of drug-likeness (QED) is 0.302. The molecule has 1 aliphatic heterocycles. The molecule has 0 spiro atoms. The van der Waals surface area contributed by atoms with Crippen molar-refractivity contribution >= 4 is 50.7 Å². The zero-order valence-electron chi connectivity index (χ0n) is 16.4. The van der Waals surface area contributed by atoms with Crippen LogP contribution in [0.25, 0.3) is 0 Å². The van der Waals surface area contributed by atoms with Gasteiger partial charge in [-0.05, 0) is 66.6 Å². The van der Waals surface area contributed by atoms with E-state index in [-0.39, 0.29) is 5.75 Å². The molecule has 31 heavy (non-hydrogen) atoms. The number of benzene rings is 3. The molecule has 7 heteroatoms. The van der Waals surface area contributed by atoms with Gasteiger partial charge < -0.3 is 5.11 Å². The Labute approximate surface area is 192 Å². The van der Waals surface area contributed by atoms with Gasteiger partial charge in [-0.2, -0.15) is 0 Å². The summed E-state index contributed by atoms with van der Waals surface area (Å²) >= 11 is 9.40. The predicted octanol–water partition coefficient (Wildman–Crippen LogP) is 5.27. The fourth-order valence-electron chi connectivity index (χ4n) is 3.75. The summed E-state index contributed by atoms with van der Waals surface area (Å²) in [5, 5.41) is 10.2. The lowest BCUT2D eigenvalue weighted by molar-refractivity contribution is -0.135. The van der Waals surface area contributed by atoms with Crippen LogP contribution in [0.3, 0.4) is 0 Å². The number of aryl methyl sites for hydroxylation is 1. The number of rotatable bonds is 4. The Morgan fingerprint density at radius 1 is 1.00 bits per heavy atom. The lowest BCUT2D eigenvalue weighted by Gasteiger charge is -2.27. The molecule has 1 saturated heterocycles. The Balaban J connectivity index is 1.86. The number of carbonyl (C=O) groups is 3. The van der Waals surface area contributed by atoms with Crippen molar-refractivity contribution in [2.75, 3.05) is 4.90 Å². The molecule has 4 rings (SSSR count). The molecule has 0 aliphatic carbocycles. The molecule has 3 aromatic carbocycles. The van der Waals surface area contributed by atoms with E-state index in [1.54, 1.807) is 48.5 Å². The van der Waals surface area contributed by atoms with Crippen molar-refractivity contribution in [1.82, 2.24) is 0 Å². The fraction of sp³-hybridized carbons (Fsp3) is 0.125. The average molecular weight is 499 g/mol. The first-order valence-electron chi connectivity index (χ1n) is 9.50. The van der Waals surface area contributed by atoms with Crippen molar-refractivity contribution in [3.63, 3.8) is 0 Å². The molecule has 2 unspecified atom stereocenters. The second-order valence-electron chi connectivity index (χ2n) is 7.36. The molecule has 3 aromatic rings. The molecular formula is C24H17BrClNO4. The third-order valence-electron chi connectivity index (χ3n) is 5.39. The van der Waals surface area contributed by atoms with Crippen LogP contribution in [0.4, 0.5) is 5.69 Å². The maximum absolute atomic E-state index is 13.4. The van der Waals surface area contributed by atoms with Gasteiger partial charge in [-0.15, -0.1) is 0 Å². The van der Waals surface area contributed by atoms with Gasteiger partial charge in [-0.3, -0.25) is 19.3 Å². The highest BCUT2D eigenvalue weighted by molar-refractivity contribution is 9.10. The number of Topliss-reactive ketones (excluding diaryl/α,β-unsaturated/α-hetero) is 2. The summed E-state index contributed by atoms with van der Waals surface area (Å²) in [6, 6.07) is 16.9. The molecule has 0 saturated carbocycles. The maximum Gasteiger partial charge on any atom is 0.295 e. The Bertz CT molecular complexity index is 1190. The molecule has 0 radical (unpaired) electrons. The van der Waals surface area contributed by atoms with Gasteiger partial charge in [0.25, 0.3) is 5.91 Å². The SMILES string of the molecule is Cc1ccc(N2C(=O)C(=O)C(C(=O)c3ccc(Cl)cc3)C2c2ccc(O)cc2)cc1Br. The van der Waals surface area contributed by atoms with E-state index >= 15 is 0 Å². The number of hydrogen-bond donors (Lipinski definition) is 1. The summed E-state index contributed by atoms with van der Waals surface area (Å²) in [6.07, 6.45) is 0. The normalized spacial score (nSPS) is 18.5. The van der Waals surface area contributed by atoms with Crippen LogP contribution in [-0.2, 0) is 9.59 Å². The van der Waals surface area contributed by atoms with Crippen LogP contribution in [0.5, 0.6) is 5.75 Å². The van der Waals surface area contributed by atoms with Crippen LogP contribution in [0, 0.1) is 12.8 Å². The minimum Gasteiger partial charge on any atom is -0.508 e. The van der Waals surface area contributed by atoms with E-state index < -0.39 is 29.4 Å². The van der Waals surface area contributed by atoms with Crippen LogP contribution in [-0.4, -0.2) is 22.6 Å². The Morgan fingerprint density at radius 2 is 1.65 bits per heavy atom. The minimum absolute atomic E-state index is 0.0459. The number of carbonyl (C=O) groups excluding carboxylic acids is 3. The van der Waals surface area contributed by atoms with Gasteiger partial charge in [0.1, 0.15) is 11.7 Å². The number of phenolic OH excluding ortho intramolecular Hbond substituents is 1. The molecule has 1 fully saturated rings. The minimum atomic E-state index is -1.22. The van der Waals surface area contributed by atoms with Gasteiger partial charge in [0.05, 0.1) is 6.04 Å². The van der Waals surface area contributed by atoms with E-state index in [4.69, 9.17) is 11.6 Å². The molecule has 5 nitrogen and oxygen atoms in total. The lowest BCUT2D eigenvalue weighted by atomic mass is 9.86. The molecule has 1 amide bonds. The third kappa shape index (κ3) is 3.89. The fourth-order valence-corrected chi connectivity index (χ4v) is 4.24. The van der Waals surface area contributed by atoms with Crippen LogP contribution in [0.2, 0.25) is 5.02 Å². The van der Waals surface area contributed by atoms with E-state index in [1.807, 2.05) is 13.0 Å². The van der Waals surface area contributed by atoms with Gasteiger partial charge in [0.2, 0.25) is 5.78 Å². The zero-order valence-corrected chi connectivity index (χ0v) is 18.7. The van der Waals surface area contributed by atoms with E-state index in [0.29, 0.717) is 21.8 Å². The van der Waals surface area contributed by atoms with E-state index in [2.05, 4.69) is 15.9 Å². The van der Waals surface area contributed by atoms with Crippen molar-refractivity contribution in [1.29, 1.82) is 0 Å². The molecule has 156 valence electrons. The third-order valence-corrected chi connectivity index (χ3v) is 6.49. The monoisotopic (exact) mass is 497 g/mol. The number of anilines is 1. The number of amides is 1. The highest BCUT2D eigenvalue weighted by atomic mass is 79.9. The summed E-state index contributed by atoms with van der Waals surface area (Å²) in [5.41, 5.74) is 2.34. The molecule has 2 atom stereocenters. The Hall–Kier alpha value is -2.96. The van der Waals surface area contributed by atoms with Gasteiger partial charge in [0.15, 0.2) is 5.78 Å². The highest BCUT2D eigenvalue weighted by Crippen LogP contribution is 2.42.